The van der Waals surface area contributed by atoms with Crippen LogP contribution in [0.3, 0.4) is 0 Å². The van der Waals surface area contributed by atoms with Gasteiger partial charge in [-0.15, -0.1) is 6.42 Å². The Morgan fingerprint density at radius 1 is 1.88 bits per heavy atom. The molecule has 0 heterocycles. The number of terminal acetylenes is 1. The minimum absolute atomic E-state index is 0.614. The highest BCUT2D eigenvalue weighted by molar-refractivity contribution is 5.72. The highest BCUT2D eigenvalue weighted by Gasteiger charge is 1.78. The molecule has 0 aromatic heterocycles. The molecule has 42 valence electrons. The van der Waals surface area contributed by atoms with Crippen LogP contribution < -0.4 is 11.1 Å². The first-order chi connectivity index (χ1) is 3.77. The van der Waals surface area contributed by atoms with Gasteiger partial charge < -0.3 is 11.1 Å². The lowest BCUT2D eigenvalue weighted by atomic mass is 10.6. The molecule has 0 spiro atoms. The third-order valence-corrected chi connectivity index (χ3v) is 0.405. The van der Waals surface area contributed by atoms with Crippen molar-refractivity contribution in [1.82, 2.24) is 5.32 Å². The molecule has 3 nitrogen and oxygen atoms in total. The van der Waals surface area contributed by atoms with Crippen molar-refractivity contribution in [2.24, 2.45) is 5.73 Å². The molecule has 0 fully saturated rings. The highest BCUT2D eigenvalue weighted by atomic mass is 16.2. The van der Waals surface area contributed by atoms with Crippen molar-refractivity contribution in [3.63, 3.8) is 0 Å². The zero-order chi connectivity index (χ0) is 6.41. The second-order valence-corrected chi connectivity index (χ2v) is 1.01. The fourth-order valence-electron chi connectivity index (χ4n) is 0.172. The molecule has 0 aliphatic rings. The molecule has 0 aliphatic carbocycles. The van der Waals surface area contributed by atoms with Crippen LogP contribution in [0.4, 0.5) is 4.79 Å². The van der Waals surface area contributed by atoms with Gasteiger partial charge in [0.05, 0.1) is 0 Å². The SMILES string of the molecule is C#C/C=C/NC(N)=O. The predicted molar refractivity (Wildman–Crippen MR) is 30.7 cm³/mol. The third kappa shape index (κ3) is 4.57. The topological polar surface area (TPSA) is 55.1 Å². The van der Waals surface area contributed by atoms with Crippen LogP contribution in [0.15, 0.2) is 12.3 Å². The van der Waals surface area contributed by atoms with E-state index in [-0.39, 0.29) is 0 Å². The Hall–Kier alpha value is -1.43. The quantitative estimate of drug-likeness (QED) is 0.451. The molecular formula is C5H6N2O. The Morgan fingerprint density at radius 2 is 2.50 bits per heavy atom. The summed E-state index contributed by atoms with van der Waals surface area (Å²) < 4.78 is 0. The Balaban J connectivity index is 3.34. The molecule has 8 heavy (non-hydrogen) atoms. The normalized spacial score (nSPS) is 8.38. The molecule has 3 heteroatoms. The number of allylic oxidation sites excluding steroid dienone is 1. The lowest BCUT2D eigenvalue weighted by molar-refractivity contribution is 0.252. The van der Waals surface area contributed by atoms with E-state index in [1.165, 1.54) is 12.3 Å². The van der Waals surface area contributed by atoms with Crippen LogP contribution >= 0.6 is 0 Å². The summed E-state index contributed by atoms with van der Waals surface area (Å²) in [5.74, 6) is 2.17. The second-order valence-electron chi connectivity index (χ2n) is 1.01. The van der Waals surface area contributed by atoms with E-state index in [2.05, 4.69) is 17.0 Å². The summed E-state index contributed by atoms with van der Waals surface area (Å²) in [5, 5.41) is 2.16. The summed E-state index contributed by atoms with van der Waals surface area (Å²) >= 11 is 0. The van der Waals surface area contributed by atoms with Crippen LogP contribution in [0.25, 0.3) is 0 Å². The zero-order valence-electron chi connectivity index (χ0n) is 4.22. The van der Waals surface area contributed by atoms with Gasteiger partial charge in [-0.05, 0) is 0 Å². The number of carbonyl (C=O) groups excluding carboxylic acids is 1. The second kappa shape index (κ2) is 3.75. The molecule has 0 rings (SSSR count). The number of urea groups is 1. The minimum atomic E-state index is -0.614. The number of rotatable bonds is 1. The highest BCUT2D eigenvalue weighted by Crippen LogP contribution is 1.60. The predicted octanol–water partition coefficient (Wildman–Crippen LogP) is -0.198. The first-order valence-electron chi connectivity index (χ1n) is 1.94. The maximum Gasteiger partial charge on any atom is 0.316 e. The lowest BCUT2D eigenvalue weighted by Gasteiger charge is -1.85. The molecule has 0 saturated heterocycles. The number of nitrogens with one attached hydrogen (secondary N) is 1. The molecule has 0 saturated carbocycles. The van der Waals surface area contributed by atoms with E-state index in [1.54, 1.807) is 0 Å². The zero-order valence-corrected chi connectivity index (χ0v) is 4.22. The van der Waals surface area contributed by atoms with E-state index in [1.807, 2.05) is 0 Å². The third-order valence-electron chi connectivity index (χ3n) is 0.405. The summed E-state index contributed by atoms with van der Waals surface area (Å²) in [6, 6.07) is -0.614. The number of nitrogens with two attached hydrogens (primary N) is 1. The van der Waals surface area contributed by atoms with Gasteiger partial charge in [0.1, 0.15) is 0 Å². The van der Waals surface area contributed by atoms with Crippen molar-refractivity contribution >= 4 is 6.03 Å². The van der Waals surface area contributed by atoms with E-state index >= 15 is 0 Å². The lowest BCUT2D eigenvalue weighted by Crippen LogP contribution is -2.23. The summed E-state index contributed by atoms with van der Waals surface area (Å²) in [7, 11) is 0. The summed E-state index contributed by atoms with van der Waals surface area (Å²) in [4.78, 5) is 9.87. The molecule has 0 atom stereocenters. The Kier molecular flexibility index (Phi) is 3.08. The van der Waals surface area contributed by atoms with Crippen LogP contribution in [0.1, 0.15) is 0 Å². The molecule has 0 bridgehead atoms. The van der Waals surface area contributed by atoms with Gasteiger partial charge in [-0.3, -0.25) is 0 Å². The number of hydrogen-bond acceptors (Lipinski definition) is 1. The van der Waals surface area contributed by atoms with Crippen molar-refractivity contribution in [1.29, 1.82) is 0 Å². The van der Waals surface area contributed by atoms with Crippen molar-refractivity contribution < 1.29 is 4.79 Å². The largest absolute Gasteiger partial charge is 0.351 e. The molecule has 2 amide bonds. The number of carbonyl (C=O) groups is 1. The molecule has 0 aliphatic heterocycles. The van der Waals surface area contributed by atoms with Gasteiger partial charge in [0, 0.05) is 12.3 Å². The van der Waals surface area contributed by atoms with Gasteiger partial charge in [0.15, 0.2) is 0 Å². The Morgan fingerprint density at radius 3 is 2.88 bits per heavy atom. The van der Waals surface area contributed by atoms with Crippen LogP contribution in [-0.4, -0.2) is 6.03 Å². The standard InChI is InChI=1S/C5H6N2O/c1-2-3-4-7-5(6)8/h1,3-4H,(H3,6,7,8)/b4-3+. The van der Waals surface area contributed by atoms with Gasteiger partial charge in [-0.25, -0.2) is 4.79 Å². The first-order valence-corrected chi connectivity index (χ1v) is 1.94. The van der Waals surface area contributed by atoms with Gasteiger partial charge in [0.2, 0.25) is 0 Å². The van der Waals surface area contributed by atoms with Crippen LogP contribution in [-0.2, 0) is 0 Å². The van der Waals surface area contributed by atoms with Crippen molar-refractivity contribution in [3.05, 3.63) is 12.3 Å². The molecule has 0 aromatic rings. The average molecular weight is 110 g/mol. The van der Waals surface area contributed by atoms with Crippen molar-refractivity contribution in [2.75, 3.05) is 0 Å². The molecule has 0 unspecified atom stereocenters. The van der Waals surface area contributed by atoms with Crippen molar-refractivity contribution in [3.8, 4) is 12.3 Å². The molecule has 0 aromatic carbocycles. The molecule has 0 radical (unpaired) electrons. The summed E-state index contributed by atoms with van der Waals surface area (Å²) in [6.07, 6.45) is 7.42. The van der Waals surface area contributed by atoms with Crippen molar-refractivity contribution in [2.45, 2.75) is 0 Å². The number of primary amides is 1. The van der Waals surface area contributed by atoms with E-state index in [9.17, 15) is 4.79 Å². The maximum atomic E-state index is 9.87. The average Bonchev–Trinajstić information content (AvgIpc) is 1.66. The maximum absolute atomic E-state index is 9.87. The van der Waals surface area contributed by atoms with E-state index in [0.29, 0.717) is 0 Å². The molecular weight excluding hydrogens is 104 g/mol. The first kappa shape index (κ1) is 6.57. The Bertz CT molecular complexity index is 143. The van der Waals surface area contributed by atoms with Crippen LogP contribution in [0.2, 0.25) is 0 Å². The van der Waals surface area contributed by atoms with Gasteiger partial charge in [-0.2, -0.15) is 0 Å². The Labute approximate surface area is 47.6 Å². The molecule has 3 N–H and O–H groups in total. The number of amides is 2. The van der Waals surface area contributed by atoms with E-state index in [0.717, 1.165) is 0 Å². The van der Waals surface area contributed by atoms with Gasteiger partial charge in [0.25, 0.3) is 0 Å². The fourth-order valence-corrected chi connectivity index (χ4v) is 0.172. The smallest absolute Gasteiger partial charge is 0.316 e. The minimum Gasteiger partial charge on any atom is -0.351 e. The monoisotopic (exact) mass is 110 g/mol. The van der Waals surface area contributed by atoms with Crippen LogP contribution in [0, 0.1) is 12.3 Å². The summed E-state index contributed by atoms with van der Waals surface area (Å²) in [6.45, 7) is 0. The van der Waals surface area contributed by atoms with E-state index < -0.39 is 6.03 Å². The van der Waals surface area contributed by atoms with E-state index in [4.69, 9.17) is 6.42 Å². The van der Waals surface area contributed by atoms with Gasteiger partial charge >= 0.3 is 6.03 Å². The number of hydrogen-bond donors (Lipinski definition) is 2. The van der Waals surface area contributed by atoms with Crippen LogP contribution in [0.5, 0.6) is 0 Å². The summed E-state index contributed by atoms with van der Waals surface area (Å²) in [5.41, 5.74) is 4.66. The fraction of sp³-hybridized carbons (Fsp3) is 0. The van der Waals surface area contributed by atoms with Gasteiger partial charge in [-0.1, -0.05) is 5.92 Å².